The van der Waals surface area contributed by atoms with Crippen molar-refractivity contribution in [2.45, 2.75) is 6.43 Å². The van der Waals surface area contributed by atoms with Crippen LogP contribution < -0.4 is 5.73 Å². The number of rotatable bonds is 3. The molecule has 0 aromatic carbocycles. The first-order chi connectivity index (χ1) is 7.88. The van der Waals surface area contributed by atoms with E-state index in [2.05, 4.69) is 9.72 Å². The summed E-state index contributed by atoms with van der Waals surface area (Å²) in [4.78, 5) is 23.7. The lowest BCUT2D eigenvalue weighted by Crippen LogP contribution is -2.11. The number of alkyl halides is 2. The second-order valence-electron chi connectivity index (χ2n) is 2.88. The number of aromatic nitrogens is 1. The van der Waals surface area contributed by atoms with Crippen molar-refractivity contribution >= 4 is 17.5 Å². The highest BCUT2D eigenvalue weighted by atomic mass is 19.3. The summed E-state index contributed by atoms with van der Waals surface area (Å²) in [6.07, 6.45) is -3.07. The summed E-state index contributed by atoms with van der Waals surface area (Å²) in [7, 11) is 0.989. The molecule has 0 unspecified atom stereocenters. The molecule has 1 aromatic rings. The van der Waals surface area contributed by atoms with Gasteiger partial charge in [0.25, 0.3) is 0 Å². The lowest BCUT2D eigenvalue weighted by molar-refractivity contribution is -0.390. The Morgan fingerprint density at radius 1 is 1.65 bits per heavy atom. The second kappa shape index (κ2) is 4.68. The van der Waals surface area contributed by atoms with Gasteiger partial charge in [0, 0.05) is 0 Å². The van der Waals surface area contributed by atoms with Gasteiger partial charge in [0.2, 0.25) is 5.69 Å². The van der Waals surface area contributed by atoms with Gasteiger partial charge in [-0.05, 0) is 16.0 Å². The van der Waals surface area contributed by atoms with Crippen LogP contribution >= 0.6 is 0 Å². The highest BCUT2D eigenvalue weighted by molar-refractivity contribution is 5.94. The lowest BCUT2D eigenvalue weighted by Gasteiger charge is -2.04. The number of carbonyl (C=O) groups excluding carboxylic acids is 1. The number of halogens is 2. The van der Waals surface area contributed by atoms with Gasteiger partial charge in [0.1, 0.15) is 0 Å². The van der Waals surface area contributed by atoms with E-state index in [0.29, 0.717) is 0 Å². The van der Waals surface area contributed by atoms with Crippen molar-refractivity contribution in [3.05, 3.63) is 27.4 Å². The lowest BCUT2D eigenvalue weighted by atomic mass is 10.2. The SMILES string of the molecule is COC(=O)c1cc(N)c(C(F)F)nc1[N+](=O)[O-]. The van der Waals surface area contributed by atoms with Crippen LogP contribution in [0.3, 0.4) is 0 Å². The van der Waals surface area contributed by atoms with Crippen molar-refractivity contribution in [1.82, 2.24) is 4.98 Å². The molecule has 0 aliphatic rings. The minimum absolute atomic E-state index is 0.508. The molecule has 1 aromatic heterocycles. The van der Waals surface area contributed by atoms with E-state index < -0.39 is 40.1 Å². The molecule has 7 nitrogen and oxygen atoms in total. The number of esters is 1. The topological polar surface area (TPSA) is 108 Å². The van der Waals surface area contributed by atoms with Crippen molar-refractivity contribution in [2.75, 3.05) is 12.8 Å². The number of nitro groups is 1. The molecule has 1 rings (SSSR count). The fourth-order valence-electron chi connectivity index (χ4n) is 1.11. The highest BCUT2D eigenvalue weighted by Gasteiger charge is 2.29. The molecule has 0 fully saturated rings. The van der Waals surface area contributed by atoms with E-state index in [-0.39, 0.29) is 0 Å². The second-order valence-corrected chi connectivity index (χ2v) is 2.88. The Hall–Kier alpha value is -2.32. The van der Waals surface area contributed by atoms with Crippen LogP contribution in [0.2, 0.25) is 0 Å². The summed E-state index contributed by atoms with van der Waals surface area (Å²) in [6, 6.07) is 0.748. The average molecular weight is 247 g/mol. The van der Waals surface area contributed by atoms with Crippen LogP contribution in [0.1, 0.15) is 22.5 Å². The van der Waals surface area contributed by atoms with Gasteiger partial charge in [-0.1, -0.05) is 0 Å². The van der Waals surface area contributed by atoms with E-state index >= 15 is 0 Å². The Kier molecular flexibility index (Phi) is 3.51. The summed E-state index contributed by atoms with van der Waals surface area (Å²) < 4.78 is 29.1. The minimum Gasteiger partial charge on any atom is -0.465 e. The number of nitrogens with zero attached hydrogens (tertiary/aromatic N) is 2. The number of ether oxygens (including phenoxy) is 1. The van der Waals surface area contributed by atoms with Gasteiger partial charge in [-0.3, -0.25) is 0 Å². The van der Waals surface area contributed by atoms with E-state index in [1.54, 1.807) is 0 Å². The molecule has 0 aliphatic heterocycles. The van der Waals surface area contributed by atoms with Crippen LogP contribution in [-0.4, -0.2) is 23.0 Å². The number of hydrogen-bond donors (Lipinski definition) is 1. The van der Waals surface area contributed by atoms with Crippen LogP contribution in [0, 0.1) is 10.1 Å². The summed E-state index contributed by atoms with van der Waals surface area (Å²) in [5.41, 5.74) is 3.19. The van der Waals surface area contributed by atoms with Crippen molar-refractivity contribution in [3.8, 4) is 0 Å². The van der Waals surface area contributed by atoms with E-state index in [9.17, 15) is 23.7 Å². The molecule has 2 N–H and O–H groups in total. The molecule has 17 heavy (non-hydrogen) atoms. The van der Waals surface area contributed by atoms with Crippen LogP contribution in [0.4, 0.5) is 20.3 Å². The molecule has 0 atom stereocenters. The average Bonchev–Trinajstić information content (AvgIpc) is 2.26. The molecular formula is C8H7F2N3O4. The van der Waals surface area contributed by atoms with Crippen LogP contribution in [-0.2, 0) is 4.74 Å². The molecule has 0 bridgehead atoms. The Morgan fingerprint density at radius 3 is 2.65 bits per heavy atom. The molecular weight excluding hydrogens is 240 g/mol. The smallest absolute Gasteiger partial charge is 0.378 e. The number of nitrogens with two attached hydrogens (primary N) is 1. The Labute approximate surface area is 93.3 Å². The summed E-state index contributed by atoms with van der Waals surface area (Å²) in [5.74, 6) is -2.09. The van der Waals surface area contributed by atoms with Crippen molar-refractivity contribution < 1.29 is 23.2 Å². The quantitative estimate of drug-likeness (QED) is 0.489. The molecule has 0 saturated carbocycles. The van der Waals surface area contributed by atoms with Crippen LogP contribution in [0.25, 0.3) is 0 Å². The van der Waals surface area contributed by atoms with Gasteiger partial charge < -0.3 is 20.6 Å². The maximum Gasteiger partial charge on any atom is 0.378 e. The maximum absolute atomic E-state index is 12.4. The Morgan fingerprint density at radius 2 is 2.24 bits per heavy atom. The summed E-state index contributed by atoms with van der Waals surface area (Å²) in [6.45, 7) is 0. The van der Waals surface area contributed by atoms with Crippen molar-refractivity contribution in [1.29, 1.82) is 0 Å². The fraction of sp³-hybridized carbons (Fsp3) is 0.250. The molecule has 0 spiro atoms. The van der Waals surface area contributed by atoms with E-state index in [4.69, 9.17) is 5.73 Å². The van der Waals surface area contributed by atoms with Crippen molar-refractivity contribution in [3.63, 3.8) is 0 Å². The molecule has 9 heteroatoms. The molecule has 0 radical (unpaired) electrons. The van der Waals surface area contributed by atoms with Gasteiger partial charge in [-0.2, -0.15) is 0 Å². The first-order valence-electron chi connectivity index (χ1n) is 4.19. The number of nitrogen functional groups attached to an aromatic ring is 1. The van der Waals surface area contributed by atoms with Gasteiger partial charge in [-0.25, -0.2) is 13.6 Å². The predicted octanol–water partition coefficient (Wildman–Crippen LogP) is 1.30. The number of carbonyl (C=O) groups is 1. The zero-order chi connectivity index (χ0) is 13.2. The van der Waals surface area contributed by atoms with E-state index in [1.807, 2.05) is 0 Å². The number of methoxy groups -OCH3 is 1. The molecule has 1 heterocycles. The third kappa shape index (κ3) is 2.44. The van der Waals surface area contributed by atoms with Crippen molar-refractivity contribution in [2.24, 2.45) is 0 Å². The summed E-state index contributed by atoms with van der Waals surface area (Å²) >= 11 is 0. The molecule has 0 amide bonds. The third-order valence-electron chi connectivity index (χ3n) is 1.85. The first-order valence-corrected chi connectivity index (χ1v) is 4.19. The monoisotopic (exact) mass is 247 g/mol. The third-order valence-corrected chi connectivity index (χ3v) is 1.85. The largest absolute Gasteiger partial charge is 0.465 e. The molecule has 92 valence electrons. The normalized spacial score (nSPS) is 10.4. The van der Waals surface area contributed by atoms with E-state index in [0.717, 1.165) is 13.2 Å². The van der Waals surface area contributed by atoms with Crippen LogP contribution in [0.15, 0.2) is 6.07 Å². The predicted molar refractivity (Wildman–Crippen MR) is 51.6 cm³/mol. The number of anilines is 1. The molecule has 0 aliphatic carbocycles. The standard InChI is InChI=1S/C8H7F2N3O4/c1-17-8(14)3-2-4(11)5(6(9)10)12-7(3)13(15)16/h2,6H,11H2,1H3. The maximum atomic E-state index is 12.4. The first kappa shape index (κ1) is 12.7. The molecule has 0 saturated heterocycles. The van der Waals surface area contributed by atoms with Gasteiger partial charge in [-0.15, -0.1) is 0 Å². The number of hydrogen-bond acceptors (Lipinski definition) is 6. The zero-order valence-corrected chi connectivity index (χ0v) is 8.52. The Bertz CT molecular complexity index is 478. The van der Waals surface area contributed by atoms with Crippen LogP contribution in [0.5, 0.6) is 0 Å². The Balaban J connectivity index is 3.46. The van der Waals surface area contributed by atoms with E-state index in [1.165, 1.54) is 0 Å². The van der Waals surface area contributed by atoms with Gasteiger partial charge in [0.15, 0.2) is 5.56 Å². The minimum atomic E-state index is -3.07. The fourth-order valence-corrected chi connectivity index (χ4v) is 1.11. The number of pyridine rings is 1. The highest BCUT2D eigenvalue weighted by Crippen LogP contribution is 2.28. The van der Waals surface area contributed by atoms with Gasteiger partial charge in [0.05, 0.1) is 12.8 Å². The summed E-state index contributed by atoms with van der Waals surface area (Å²) in [5, 5.41) is 10.6. The zero-order valence-electron chi connectivity index (χ0n) is 8.52. The van der Waals surface area contributed by atoms with Gasteiger partial charge >= 0.3 is 18.2 Å².